The molecular weight excluding hydrogens is 851 g/mol. The molecule has 1 heterocycles. The molecule has 14 rings (SSSR count). The zero-order chi connectivity index (χ0) is 46.2. The van der Waals surface area contributed by atoms with Gasteiger partial charge in [-0.15, -0.1) is 0 Å². The molecule has 11 aromatic rings. The molecule has 0 bridgehead atoms. The molecule has 0 N–H and O–H groups in total. The zero-order valence-electron chi connectivity index (χ0n) is 38.1. The smallest absolute Gasteiger partial charge is 0.178 e. The molecule has 1 aliphatic heterocycles. The molecule has 0 amide bonds. The molecule has 3 heteroatoms. The van der Waals surface area contributed by atoms with Crippen molar-refractivity contribution in [2.24, 2.45) is 0 Å². The Morgan fingerprint density at radius 1 is 0.271 bits per heavy atom. The lowest BCUT2D eigenvalue weighted by atomic mass is 9.70. The van der Waals surface area contributed by atoms with Crippen LogP contribution in [0.25, 0.3) is 66.8 Å². The second kappa shape index (κ2) is 16.0. The molecule has 0 saturated heterocycles. The minimum atomic E-state index is -0.467. The quantitative estimate of drug-likeness (QED) is 0.159. The Hall–Kier alpha value is -9.18. The lowest BCUT2D eigenvalue weighted by Crippen LogP contribution is -2.25. The van der Waals surface area contributed by atoms with E-state index in [9.17, 15) is 0 Å². The number of anilines is 3. The molecule has 0 fully saturated rings. The van der Waals surface area contributed by atoms with Gasteiger partial charge in [0.2, 0.25) is 0 Å². The van der Waals surface area contributed by atoms with E-state index in [0.29, 0.717) is 11.5 Å². The molecule has 0 radical (unpaired) electrons. The second-order valence-electron chi connectivity index (χ2n) is 18.3. The largest absolute Gasteiger partial charge is 0.449 e. The van der Waals surface area contributed by atoms with Gasteiger partial charge < -0.3 is 14.4 Å². The Bertz CT molecular complexity index is 3790. The van der Waals surface area contributed by atoms with Gasteiger partial charge in [0, 0.05) is 22.5 Å². The van der Waals surface area contributed by atoms with E-state index in [1.165, 1.54) is 55.6 Å². The van der Waals surface area contributed by atoms with E-state index in [4.69, 9.17) is 9.47 Å². The maximum Gasteiger partial charge on any atom is 0.178 e. The van der Waals surface area contributed by atoms with Crippen molar-refractivity contribution in [3.63, 3.8) is 0 Å². The molecule has 0 unspecified atom stereocenters. The Morgan fingerprint density at radius 3 is 1.49 bits per heavy atom. The normalized spacial score (nSPS) is 12.9. The van der Waals surface area contributed by atoms with Crippen LogP contribution in [0.15, 0.2) is 261 Å². The molecule has 3 nitrogen and oxygen atoms in total. The van der Waals surface area contributed by atoms with Crippen molar-refractivity contribution >= 4 is 17.1 Å². The van der Waals surface area contributed by atoms with Gasteiger partial charge in [0.05, 0.1) is 11.1 Å². The first-order valence-electron chi connectivity index (χ1n) is 24.0. The third kappa shape index (κ3) is 6.15. The van der Waals surface area contributed by atoms with Gasteiger partial charge in [-0.3, -0.25) is 0 Å². The summed E-state index contributed by atoms with van der Waals surface area (Å²) in [4.78, 5) is 2.38. The highest BCUT2D eigenvalue weighted by Gasteiger charge is 2.53. The van der Waals surface area contributed by atoms with Crippen molar-refractivity contribution < 1.29 is 9.47 Å². The number of fused-ring (bicyclic) bond motifs is 13. The lowest BCUT2D eigenvalue weighted by molar-refractivity contribution is 0.360. The fraction of sp³-hybridized carbons (Fsp3) is 0.0149. The van der Waals surface area contributed by atoms with Crippen molar-refractivity contribution in [1.29, 1.82) is 0 Å². The van der Waals surface area contributed by atoms with Crippen LogP contribution in [0.4, 0.5) is 17.1 Å². The van der Waals surface area contributed by atoms with Gasteiger partial charge in [-0.2, -0.15) is 0 Å². The fourth-order valence-electron chi connectivity index (χ4n) is 11.5. The summed E-state index contributed by atoms with van der Waals surface area (Å²) >= 11 is 0. The molecule has 0 atom stereocenters. The van der Waals surface area contributed by atoms with Crippen LogP contribution in [-0.4, -0.2) is 0 Å². The molecule has 3 aliphatic rings. The zero-order valence-corrected chi connectivity index (χ0v) is 38.1. The molecule has 0 aromatic heterocycles. The van der Waals surface area contributed by atoms with Gasteiger partial charge in [0.25, 0.3) is 0 Å². The van der Waals surface area contributed by atoms with Crippen molar-refractivity contribution in [2.45, 2.75) is 5.41 Å². The van der Waals surface area contributed by atoms with Crippen molar-refractivity contribution in [1.82, 2.24) is 0 Å². The maximum atomic E-state index is 7.10. The Kier molecular flexibility index (Phi) is 9.11. The number of ether oxygens (including phenoxy) is 2. The summed E-state index contributed by atoms with van der Waals surface area (Å²) in [5.41, 5.74) is 21.8. The molecule has 1 spiro atoms. The maximum absolute atomic E-state index is 7.10. The summed E-state index contributed by atoms with van der Waals surface area (Å²) in [5, 5.41) is 0. The van der Waals surface area contributed by atoms with Crippen LogP contribution in [-0.2, 0) is 5.41 Å². The molecule has 2 aliphatic carbocycles. The molecule has 11 aromatic carbocycles. The fourth-order valence-corrected chi connectivity index (χ4v) is 11.5. The van der Waals surface area contributed by atoms with E-state index in [2.05, 4.69) is 260 Å². The van der Waals surface area contributed by atoms with Crippen molar-refractivity contribution in [3.05, 3.63) is 283 Å². The van der Waals surface area contributed by atoms with E-state index in [1.807, 2.05) is 6.07 Å². The average Bonchev–Trinajstić information content (AvgIpc) is 3.92. The van der Waals surface area contributed by atoms with Gasteiger partial charge in [0.15, 0.2) is 23.0 Å². The van der Waals surface area contributed by atoms with Crippen LogP contribution in [0.1, 0.15) is 22.3 Å². The minimum absolute atomic E-state index is 0.467. The highest BCUT2D eigenvalue weighted by Crippen LogP contribution is 2.66. The minimum Gasteiger partial charge on any atom is -0.449 e. The lowest BCUT2D eigenvalue weighted by Gasteiger charge is -2.31. The Balaban J connectivity index is 0.844. The number of rotatable bonds is 7. The number of para-hydroxylation sites is 1. The second-order valence-corrected chi connectivity index (χ2v) is 18.3. The summed E-state index contributed by atoms with van der Waals surface area (Å²) in [7, 11) is 0. The Morgan fingerprint density at radius 2 is 0.771 bits per heavy atom. The molecule has 70 heavy (non-hydrogen) atoms. The van der Waals surface area contributed by atoms with Gasteiger partial charge in [0.1, 0.15) is 0 Å². The summed E-state index contributed by atoms with van der Waals surface area (Å²) < 4.78 is 13.8. The van der Waals surface area contributed by atoms with Gasteiger partial charge in [-0.25, -0.2) is 0 Å². The topological polar surface area (TPSA) is 21.7 Å². The molecule has 0 saturated carbocycles. The summed E-state index contributed by atoms with van der Waals surface area (Å²) in [5.74, 6) is 2.87. The monoisotopic (exact) mass is 893 g/mol. The van der Waals surface area contributed by atoms with E-state index in [-0.39, 0.29) is 0 Å². The van der Waals surface area contributed by atoms with E-state index in [1.54, 1.807) is 0 Å². The number of nitrogens with zero attached hydrogens (tertiary/aromatic N) is 1. The van der Waals surface area contributed by atoms with Crippen LogP contribution < -0.4 is 14.4 Å². The van der Waals surface area contributed by atoms with Gasteiger partial charge in [-0.1, -0.05) is 206 Å². The van der Waals surface area contributed by atoms with Gasteiger partial charge >= 0.3 is 0 Å². The number of hydrogen-bond donors (Lipinski definition) is 0. The number of hydrogen-bond acceptors (Lipinski definition) is 3. The van der Waals surface area contributed by atoms with Crippen LogP contribution in [0.3, 0.4) is 0 Å². The predicted molar refractivity (Wildman–Crippen MR) is 286 cm³/mol. The Labute approximate surface area is 407 Å². The average molecular weight is 894 g/mol. The third-order valence-electron chi connectivity index (χ3n) is 14.5. The summed E-state index contributed by atoms with van der Waals surface area (Å²) in [6.45, 7) is 0. The molecular formula is C67H43NO2. The predicted octanol–water partition coefficient (Wildman–Crippen LogP) is 18.1. The van der Waals surface area contributed by atoms with Crippen molar-refractivity contribution in [3.8, 4) is 89.8 Å². The third-order valence-corrected chi connectivity index (χ3v) is 14.5. The van der Waals surface area contributed by atoms with Crippen molar-refractivity contribution in [2.75, 3.05) is 4.90 Å². The first-order chi connectivity index (χ1) is 34.7. The van der Waals surface area contributed by atoms with E-state index in [0.717, 1.165) is 61.9 Å². The van der Waals surface area contributed by atoms with Crippen LogP contribution in [0.2, 0.25) is 0 Å². The summed E-state index contributed by atoms with van der Waals surface area (Å²) in [6, 6.07) is 93.7. The highest BCUT2D eigenvalue weighted by molar-refractivity contribution is 5.98. The summed E-state index contributed by atoms with van der Waals surface area (Å²) in [6.07, 6.45) is 0. The molecule has 328 valence electrons. The van der Waals surface area contributed by atoms with Crippen LogP contribution in [0, 0.1) is 0 Å². The number of benzene rings is 11. The van der Waals surface area contributed by atoms with E-state index >= 15 is 0 Å². The highest BCUT2D eigenvalue weighted by atomic mass is 16.6. The van der Waals surface area contributed by atoms with Crippen LogP contribution in [0.5, 0.6) is 23.0 Å². The SMILES string of the molecule is c1ccc(-c2cccc(-c3cccc(N(c4ccc(-c5ccc6c(c5)Oc5c(ccc7c5-c5ccccc5C75c7ccccc7-c7ccccc75)O6)cc4)c4ccccc4-c4ccccc4)c3)c2)cc1. The van der Waals surface area contributed by atoms with Gasteiger partial charge in [-0.05, 0) is 132 Å². The first kappa shape index (κ1) is 39.9. The van der Waals surface area contributed by atoms with Crippen LogP contribution >= 0.6 is 0 Å². The first-order valence-corrected chi connectivity index (χ1v) is 24.0. The standard InChI is InChI=1S/C67H43NO2/c1-3-17-44(18-4-1)47-21-15-22-48(41-47)49-23-16-24-52(42-49)68(61-32-14-10-25-53(61)46-19-5-2-6-20-46)51-36-33-45(34-37-51)50-35-39-62-64(43-50)70-66-63(69-62)40-38-60-65(66)56-28-9-13-31-59(56)67(60)57-29-11-7-26-54(57)55-27-8-12-30-58(55)67/h1-43H. The van der Waals surface area contributed by atoms with E-state index < -0.39 is 5.41 Å².